The number of hydrogen-bond acceptors (Lipinski definition) is 12. The molecule has 1 unspecified atom stereocenters. The average Bonchev–Trinajstić information content (AvgIpc) is 2.77. The van der Waals surface area contributed by atoms with E-state index in [2.05, 4.69) is 9.32 Å². The molecule has 0 aliphatic rings. The van der Waals surface area contributed by atoms with Crippen LogP contribution in [-0.4, -0.2) is 70.8 Å². The van der Waals surface area contributed by atoms with Crippen molar-refractivity contribution in [3.63, 3.8) is 0 Å². The van der Waals surface area contributed by atoms with E-state index in [1.807, 2.05) is 0 Å². The van der Waals surface area contributed by atoms with Crippen molar-refractivity contribution >= 4 is 61.5 Å². The van der Waals surface area contributed by atoms with Crippen LogP contribution in [0.15, 0.2) is 75.4 Å². The third-order valence-electron chi connectivity index (χ3n) is 4.25. The van der Waals surface area contributed by atoms with Crippen LogP contribution in [0.1, 0.15) is 6.92 Å². The van der Waals surface area contributed by atoms with Crippen molar-refractivity contribution in [1.29, 1.82) is 0 Å². The van der Waals surface area contributed by atoms with Crippen LogP contribution >= 0.6 is 0 Å². The molecular formula is C18H21NO16S5. The molecule has 0 saturated heterocycles. The van der Waals surface area contributed by atoms with Gasteiger partial charge in [-0.3, -0.25) is 18.2 Å². The second-order valence-electron chi connectivity index (χ2n) is 7.21. The number of aromatic hydroxyl groups is 1. The maximum absolute atomic E-state index is 11.2. The van der Waals surface area contributed by atoms with Crippen LogP contribution < -0.4 is 5.14 Å². The number of phenolic OH excluding ortho intramolecular Hbond substituents is 1. The monoisotopic (exact) mass is 667 g/mol. The van der Waals surface area contributed by atoms with Gasteiger partial charge in [-0.15, -0.1) is 0 Å². The molecule has 3 aromatic carbocycles. The van der Waals surface area contributed by atoms with Gasteiger partial charge in [0.1, 0.15) is 10.6 Å². The average molecular weight is 668 g/mol. The van der Waals surface area contributed by atoms with Crippen LogP contribution in [0, 0.1) is 0 Å². The number of hydrogen-bond donors (Lipinski definition) is 6. The normalized spacial score (nSPS) is 13.3. The van der Waals surface area contributed by atoms with Gasteiger partial charge in [-0.25, -0.2) is 17.7 Å². The molecule has 0 amide bonds. The topological polar surface area (TPSA) is 307 Å². The number of primary sulfonamides is 1. The lowest BCUT2D eigenvalue weighted by Gasteiger charge is -2.07. The highest BCUT2D eigenvalue weighted by Gasteiger charge is 2.22. The molecule has 3 aromatic rings. The van der Waals surface area contributed by atoms with E-state index in [9.17, 15) is 47.2 Å². The fourth-order valence-electron chi connectivity index (χ4n) is 2.49. The summed E-state index contributed by atoms with van der Waals surface area (Å²) in [5, 5.41) is 13.9. The molecule has 0 aliphatic heterocycles. The van der Waals surface area contributed by atoms with Gasteiger partial charge in [-0.05, 0) is 37.3 Å². The number of phenols is 1. The van der Waals surface area contributed by atoms with Crippen molar-refractivity contribution < 1.29 is 69.6 Å². The second kappa shape index (κ2) is 12.8. The molecule has 0 aliphatic carbocycles. The molecule has 0 radical (unpaired) electrons. The molecule has 7 N–H and O–H groups in total. The third-order valence-corrected chi connectivity index (χ3v) is 8.51. The van der Waals surface area contributed by atoms with E-state index in [0.717, 1.165) is 13.0 Å². The van der Waals surface area contributed by atoms with Gasteiger partial charge in [0.15, 0.2) is 5.44 Å². The molecular weight excluding hydrogens is 647 g/mol. The smallest absolute Gasteiger partial charge is 0.398 e. The summed E-state index contributed by atoms with van der Waals surface area (Å²) >= 11 is 0. The maximum atomic E-state index is 11.2. The number of fused-ring (bicyclic) bond motifs is 1. The van der Waals surface area contributed by atoms with E-state index in [-0.39, 0.29) is 21.4 Å². The van der Waals surface area contributed by atoms with Gasteiger partial charge < -0.3 is 5.11 Å². The molecule has 17 nitrogen and oxygen atoms in total. The van der Waals surface area contributed by atoms with E-state index < -0.39 is 66.0 Å². The molecule has 0 bridgehead atoms. The first-order chi connectivity index (χ1) is 17.8. The second-order valence-corrected chi connectivity index (χ2v) is 14.3. The molecule has 224 valence electrons. The Kier molecular flexibility index (Phi) is 11.3. The van der Waals surface area contributed by atoms with E-state index in [0.29, 0.717) is 6.07 Å². The minimum Gasteiger partial charge on any atom is -0.507 e. The van der Waals surface area contributed by atoms with E-state index >= 15 is 0 Å². The summed E-state index contributed by atoms with van der Waals surface area (Å²) < 4.78 is 144. The maximum Gasteiger partial charge on any atom is 0.398 e. The lowest BCUT2D eigenvalue weighted by Crippen LogP contribution is -2.30. The van der Waals surface area contributed by atoms with Crippen molar-refractivity contribution in [1.82, 2.24) is 0 Å². The van der Waals surface area contributed by atoms with Crippen LogP contribution in [-0.2, 0) is 55.0 Å². The van der Waals surface area contributed by atoms with Crippen LogP contribution in [0.4, 0.5) is 0 Å². The highest BCUT2D eigenvalue weighted by Crippen LogP contribution is 2.32. The Balaban J connectivity index is 0.000000326. The largest absolute Gasteiger partial charge is 0.507 e. The van der Waals surface area contributed by atoms with Crippen molar-refractivity contribution in [2.24, 2.45) is 5.14 Å². The summed E-state index contributed by atoms with van der Waals surface area (Å²) in [5.41, 5.74) is -1.78. The first-order valence-corrected chi connectivity index (χ1v) is 17.0. The summed E-state index contributed by atoms with van der Waals surface area (Å²) in [4.78, 5) is -1.53. The Hall–Kier alpha value is -2.77. The fraction of sp³-hybridized carbons (Fsp3) is 0.111. The number of rotatable bonds is 6. The summed E-state index contributed by atoms with van der Waals surface area (Å²) in [6.07, 6.45) is 0. The number of benzene rings is 3. The lowest BCUT2D eigenvalue weighted by atomic mass is 10.1. The molecule has 1 atom stereocenters. The Morgan fingerprint density at radius 1 is 0.650 bits per heavy atom. The highest BCUT2D eigenvalue weighted by molar-refractivity contribution is 7.90. The zero-order valence-corrected chi connectivity index (χ0v) is 23.8. The standard InChI is InChI=1S/C10H8O7S2.C6H6O3S.C2H7NO6S2/c11-9-3-1-2-7-8(9)4-6(18(12,13)14)5-10(7)19(15,16)17;7-10(8,9)6-4-2-1-3-5-6;1-2(10(3,4)5)9-11(6,7)8/h1-5,11H,(H,12,13,14)(H,15,16,17);1-5H,(H,7,8,9);2H,1H3,(H2,3,4,5)(H,6,7,8). The fourth-order valence-corrected chi connectivity index (χ4v) is 5.41. The SMILES string of the molecule is CC(OS(=O)(=O)O)S(N)(=O)=O.O=S(=O)(O)c1cc(S(=O)(=O)O)c2cccc(O)c2c1.O=S(=O)(O)c1ccccc1. The van der Waals surface area contributed by atoms with Crippen LogP contribution in [0.3, 0.4) is 0 Å². The van der Waals surface area contributed by atoms with E-state index in [4.69, 9.17) is 18.2 Å². The molecule has 0 aromatic heterocycles. The Morgan fingerprint density at radius 3 is 1.50 bits per heavy atom. The first-order valence-electron chi connectivity index (χ1n) is 9.74. The number of sulfonamides is 1. The van der Waals surface area contributed by atoms with E-state index in [1.165, 1.54) is 30.3 Å². The van der Waals surface area contributed by atoms with Crippen molar-refractivity contribution in [3.05, 3.63) is 60.7 Å². The molecule has 3 rings (SSSR count). The van der Waals surface area contributed by atoms with Gasteiger partial charge >= 0.3 is 10.4 Å². The predicted molar refractivity (Wildman–Crippen MR) is 137 cm³/mol. The molecule has 40 heavy (non-hydrogen) atoms. The quantitative estimate of drug-likeness (QED) is 0.194. The lowest BCUT2D eigenvalue weighted by molar-refractivity contribution is 0.251. The molecule has 22 heteroatoms. The third kappa shape index (κ3) is 11.4. The Bertz CT molecular complexity index is 1900. The van der Waals surface area contributed by atoms with Crippen molar-refractivity contribution in [2.75, 3.05) is 0 Å². The Morgan fingerprint density at radius 2 is 1.15 bits per heavy atom. The van der Waals surface area contributed by atoms with Crippen molar-refractivity contribution in [3.8, 4) is 5.75 Å². The van der Waals surface area contributed by atoms with Crippen LogP contribution in [0.5, 0.6) is 5.75 Å². The Labute approximate surface area is 229 Å². The summed E-state index contributed by atoms with van der Waals surface area (Å²) in [6.45, 7) is 0.878. The predicted octanol–water partition coefficient (Wildman–Crippen LogP) is 0.412. The van der Waals surface area contributed by atoms with Gasteiger partial charge in [0, 0.05) is 10.8 Å². The molecule has 0 spiro atoms. The summed E-state index contributed by atoms with van der Waals surface area (Å²) in [5.74, 6) is -0.382. The molecule has 0 heterocycles. The van der Waals surface area contributed by atoms with Crippen molar-refractivity contribution in [2.45, 2.75) is 27.0 Å². The van der Waals surface area contributed by atoms with E-state index in [1.54, 1.807) is 18.2 Å². The van der Waals surface area contributed by atoms with Crippen LogP contribution in [0.25, 0.3) is 10.8 Å². The number of nitrogens with two attached hydrogens (primary N) is 1. The molecule has 0 fully saturated rings. The van der Waals surface area contributed by atoms with Gasteiger partial charge in [0.2, 0.25) is 10.0 Å². The summed E-state index contributed by atoms with van der Waals surface area (Å²) in [6, 6.07) is 12.8. The van der Waals surface area contributed by atoms with Gasteiger partial charge in [-0.1, -0.05) is 30.3 Å². The minimum atomic E-state index is -4.77. The van der Waals surface area contributed by atoms with Gasteiger partial charge in [0.05, 0.1) is 9.79 Å². The zero-order valence-electron chi connectivity index (χ0n) is 19.7. The minimum absolute atomic E-state index is 0.0603. The first kappa shape index (κ1) is 35.3. The van der Waals surface area contributed by atoms with Gasteiger partial charge in [0.25, 0.3) is 30.4 Å². The highest BCUT2D eigenvalue weighted by atomic mass is 32.3. The van der Waals surface area contributed by atoms with Crippen LogP contribution in [0.2, 0.25) is 0 Å². The zero-order chi connectivity index (χ0) is 31.3. The molecule has 0 saturated carbocycles. The van der Waals surface area contributed by atoms with Gasteiger partial charge in [-0.2, -0.15) is 33.7 Å². The summed E-state index contributed by atoms with van der Waals surface area (Å²) in [7, 11) is -22.3.